The van der Waals surface area contributed by atoms with Crippen LogP contribution in [0.15, 0.2) is 6.33 Å². The monoisotopic (exact) mass is 223 g/mol. The van der Waals surface area contributed by atoms with Crippen LogP contribution in [-0.2, 0) is 6.42 Å². The molecule has 2 rings (SSSR count). The van der Waals surface area contributed by atoms with Gasteiger partial charge in [0, 0.05) is 6.04 Å². The van der Waals surface area contributed by atoms with Crippen LogP contribution in [-0.4, -0.2) is 16.0 Å². The molecule has 1 aliphatic carbocycles. The van der Waals surface area contributed by atoms with Gasteiger partial charge in [-0.3, -0.25) is 0 Å². The molecule has 1 aromatic rings. The van der Waals surface area contributed by atoms with Crippen LogP contribution < -0.4 is 5.32 Å². The Morgan fingerprint density at radius 2 is 2.25 bits per heavy atom. The molecule has 88 valence electrons. The van der Waals surface area contributed by atoms with Gasteiger partial charge in [0.2, 0.25) is 0 Å². The maximum atomic E-state index is 13.8. The number of hydrogen-bond acceptors (Lipinski definition) is 3. The van der Waals surface area contributed by atoms with Crippen LogP contribution in [0.25, 0.3) is 0 Å². The molecule has 1 heterocycles. The molecule has 0 radical (unpaired) electrons. The first-order valence-electron chi connectivity index (χ1n) is 6.02. The van der Waals surface area contributed by atoms with Crippen molar-refractivity contribution in [1.29, 1.82) is 0 Å². The van der Waals surface area contributed by atoms with Gasteiger partial charge in [-0.25, -0.2) is 14.4 Å². The topological polar surface area (TPSA) is 37.8 Å². The largest absolute Gasteiger partial charge is 0.365 e. The molecule has 0 bridgehead atoms. The van der Waals surface area contributed by atoms with E-state index in [0.29, 0.717) is 29.9 Å². The Morgan fingerprint density at radius 1 is 1.44 bits per heavy atom. The zero-order valence-electron chi connectivity index (χ0n) is 9.83. The Morgan fingerprint density at radius 3 is 2.94 bits per heavy atom. The van der Waals surface area contributed by atoms with E-state index in [4.69, 9.17) is 0 Å². The molecule has 0 aromatic carbocycles. The Labute approximate surface area is 95.5 Å². The third-order valence-corrected chi connectivity index (χ3v) is 3.10. The Balaban J connectivity index is 2.00. The molecule has 4 heteroatoms. The molecule has 1 N–H and O–H groups in total. The summed E-state index contributed by atoms with van der Waals surface area (Å²) in [6.07, 6.45) is 5.58. The highest BCUT2D eigenvalue weighted by molar-refractivity contribution is 5.40. The van der Waals surface area contributed by atoms with Crippen LogP contribution in [0.3, 0.4) is 0 Å². The van der Waals surface area contributed by atoms with Gasteiger partial charge in [-0.05, 0) is 25.2 Å². The van der Waals surface area contributed by atoms with Gasteiger partial charge in [-0.1, -0.05) is 20.3 Å². The fourth-order valence-corrected chi connectivity index (χ4v) is 2.04. The molecule has 2 unspecified atom stereocenters. The second-order valence-corrected chi connectivity index (χ2v) is 4.37. The standard InChI is InChI=1S/C12H18FN3/c1-3-5-8-6-10(8)16-12-11(13)9(4-2)14-7-15-12/h7-8,10H,3-6H2,1-2H3,(H,14,15,16). The third kappa shape index (κ3) is 2.31. The summed E-state index contributed by atoms with van der Waals surface area (Å²) in [5.74, 6) is 0.784. The van der Waals surface area contributed by atoms with Gasteiger partial charge in [0.1, 0.15) is 6.33 Å². The van der Waals surface area contributed by atoms with Crippen LogP contribution in [0.1, 0.15) is 38.8 Å². The van der Waals surface area contributed by atoms with Crippen molar-refractivity contribution in [3.8, 4) is 0 Å². The maximum absolute atomic E-state index is 13.8. The van der Waals surface area contributed by atoms with Crippen molar-refractivity contribution in [2.75, 3.05) is 5.32 Å². The van der Waals surface area contributed by atoms with Crippen LogP contribution in [0.5, 0.6) is 0 Å². The van der Waals surface area contributed by atoms with E-state index in [1.54, 1.807) is 0 Å². The van der Waals surface area contributed by atoms with E-state index in [9.17, 15) is 4.39 Å². The number of aryl methyl sites for hydroxylation is 1. The van der Waals surface area contributed by atoms with Gasteiger partial charge < -0.3 is 5.32 Å². The minimum Gasteiger partial charge on any atom is -0.365 e. The second kappa shape index (κ2) is 4.76. The first kappa shape index (κ1) is 11.3. The lowest BCUT2D eigenvalue weighted by molar-refractivity contribution is 0.595. The average molecular weight is 223 g/mol. The van der Waals surface area contributed by atoms with E-state index < -0.39 is 0 Å². The highest BCUT2D eigenvalue weighted by Gasteiger charge is 2.36. The molecule has 0 aliphatic heterocycles. The lowest BCUT2D eigenvalue weighted by Gasteiger charge is -2.07. The highest BCUT2D eigenvalue weighted by atomic mass is 19.1. The number of aromatic nitrogens is 2. The summed E-state index contributed by atoms with van der Waals surface area (Å²) in [7, 11) is 0. The quantitative estimate of drug-likeness (QED) is 0.834. The van der Waals surface area contributed by atoms with E-state index in [-0.39, 0.29) is 5.82 Å². The molecule has 1 aromatic heterocycles. The normalized spacial score (nSPS) is 23.2. The highest BCUT2D eigenvalue weighted by Crippen LogP contribution is 2.37. The molecule has 1 aliphatic rings. The number of nitrogens with zero attached hydrogens (tertiary/aromatic N) is 2. The van der Waals surface area contributed by atoms with Crippen molar-refractivity contribution in [2.45, 2.75) is 45.6 Å². The third-order valence-electron chi connectivity index (χ3n) is 3.10. The van der Waals surface area contributed by atoms with Gasteiger partial charge >= 0.3 is 0 Å². The fraction of sp³-hybridized carbons (Fsp3) is 0.667. The predicted molar refractivity (Wildman–Crippen MR) is 61.8 cm³/mol. The van der Waals surface area contributed by atoms with Gasteiger partial charge in [-0.2, -0.15) is 0 Å². The van der Waals surface area contributed by atoms with E-state index in [0.717, 1.165) is 6.42 Å². The predicted octanol–water partition coefficient (Wildman–Crippen LogP) is 2.78. The van der Waals surface area contributed by atoms with Crippen molar-refractivity contribution in [3.05, 3.63) is 17.8 Å². The summed E-state index contributed by atoms with van der Waals surface area (Å²) in [6.45, 7) is 4.07. The van der Waals surface area contributed by atoms with Crippen molar-refractivity contribution < 1.29 is 4.39 Å². The summed E-state index contributed by atoms with van der Waals surface area (Å²) in [6, 6.07) is 0.411. The first-order chi connectivity index (χ1) is 7.76. The summed E-state index contributed by atoms with van der Waals surface area (Å²) in [5.41, 5.74) is 0.491. The van der Waals surface area contributed by atoms with Crippen molar-refractivity contribution in [2.24, 2.45) is 5.92 Å². The molecule has 1 fully saturated rings. The summed E-state index contributed by atoms with van der Waals surface area (Å²) in [5, 5.41) is 3.17. The average Bonchev–Trinajstić information content (AvgIpc) is 3.00. The zero-order chi connectivity index (χ0) is 11.5. The summed E-state index contributed by atoms with van der Waals surface area (Å²) in [4.78, 5) is 7.88. The number of rotatable bonds is 5. The maximum Gasteiger partial charge on any atom is 0.186 e. The Kier molecular flexibility index (Phi) is 3.36. The van der Waals surface area contributed by atoms with Gasteiger partial charge in [0.15, 0.2) is 11.6 Å². The molecule has 16 heavy (non-hydrogen) atoms. The second-order valence-electron chi connectivity index (χ2n) is 4.37. The Bertz CT molecular complexity index is 367. The zero-order valence-corrected chi connectivity index (χ0v) is 9.83. The van der Waals surface area contributed by atoms with Crippen molar-refractivity contribution in [3.63, 3.8) is 0 Å². The molecule has 1 saturated carbocycles. The number of hydrogen-bond donors (Lipinski definition) is 1. The van der Waals surface area contributed by atoms with Crippen molar-refractivity contribution >= 4 is 5.82 Å². The molecule has 2 atom stereocenters. The summed E-state index contributed by atoms with van der Waals surface area (Å²) < 4.78 is 13.8. The smallest absolute Gasteiger partial charge is 0.186 e. The minimum atomic E-state index is -0.285. The van der Waals surface area contributed by atoms with Crippen LogP contribution in [0.2, 0.25) is 0 Å². The molecule has 3 nitrogen and oxygen atoms in total. The van der Waals surface area contributed by atoms with Crippen LogP contribution in [0, 0.1) is 11.7 Å². The van der Waals surface area contributed by atoms with E-state index in [1.807, 2.05) is 6.92 Å². The van der Waals surface area contributed by atoms with Crippen molar-refractivity contribution in [1.82, 2.24) is 9.97 Å². The minimum absolute atomic E-state index is 0.285. The van der Waals surface area contributed by atoms with Gasteiger partial charge in [0.05, 0.1) is 5.69 Å². The van der Waals surface area contributed by atoms with E-state index >= 15 is 0 Å². The molecule has 0 saturated heterocycles. The Hall–Kier alpha value is -1.19. The lowest BCUT2D eigenvalue weighted by Crippen LogP contribution is -2.10. The lowest BCUT2D eigenvalue weighted by atomic mass is 10.2. The van der Waals surface area contributed by atoms with Crippen LogP contribution >= 0.6 is 0 Å². The van der Waals surface area contributed by atoms with Crippen LogP contribution in [0.4, 0.5) is 10.2 Å². The van der Waals surface area contributed by atoms with Gasteiger partial charge in [-0.15, -0.1) is 0 Å². The molecular formula is C12H18FN3. The number of anilines is 1. The molecular weight excluding hydrogens is 205 g/mol. The fourth-order valence-electron chi connectivity index (χ4n) is 2.04. The summed E-state index contributed by atoms with van der Waals surface area (Å²) >= 11 is 0. The molecule has 0 amide bonds. The van der Waals surface area contributed by atoms with E-state index in [1.165, 1.54) is 19.2 Å². The SMILES string of the molecule is CCCC1CC1Nc1ncnc(CC)c1F. The number of halogens is 1. The molecule has 0 spiro atoms. The van der Waals surface area contributed by atoms with E-state index in [2.05, 4.69) is 22.2 Å². The first-order valence-corrected chi connectivity index (χ1v) is 6.02. The van der Waals surface area contributed by atoms with Gasteiger partial charge in [0.25, 0.3) is 0 Å². The number of nitrogens with one attached hydrogen (secondary N) is 1.